The maximum atomic E-state index is 5.51. The molecule has 0 aliphatic rings. The van der Waals surface area contributed by atoms with Crippen LogP contribution >= 0.6 is 0 Å². The first-order valence-electron chi connectivity index (χ1n) is 4.86. The first-order chi connectivity index (χ1) is 7.22. The average Bonchev–Trinajstić information content (AvgIpc) is 2.28. The highest BCUT2D eigenvalue weighted by Crippen LogP contribution is 2.31. The molecule has 2 N–H and O–H groups in total. The fraction of sp³-hybridized carbons (Fsp3) is 0.455. The molecule has 0 aromatic heterocycles. The molecule has 0 fully saturated rings. The molecular formula is C11H18N2O2. The van der Waals surface area contributed by atoms with Gasteiger partial charge in [-0.1, -0.05) is 0 Å². The van der Waals surface area contributed by atoms with Crippen LogP contribution in [0.3, 0.4) is 0 Å². The molecule has 0 atom stereocenters. The highest BCUT2D eigenvalue weighted by molar-refractivity contribution is 5.60. The van der Waals surface area contributed by atoms with Crippen molar-refractivity contribution in [1.29, 1.82) is 0 Å². The molecule has 0 bridgehead atoms. The topological polar surface area (TPSA) is 47.7 Å². The Bertz CT molecular complexity index is 315. The average molecular weight is 210 g/mol. The van der Waals surface area contributed by atoms with Crippen LogP contribution in [0.15, 0.2) is 18.2 Å². The summed E-state index contributed by atoms with van der Waals surface area (Å²) in [5.74, 6) is 1.59. The highest BCUT2D eigenvalue weighted by atomic mass is 16.5. The number of rotatable bonds is 5. The first kappa shape index (κ1) is 11.7. The zero-order valence-corrected chi connectivity index (χ0v) is 9.49. The molecule has 0 aliphatic heterocycles. The number of hydrogen-bond donors (Lipinski definition) is 1. The Kier molecular flexibility index (Phi) is 4.24. The van der Waals surface area contributed by atoms with Gasteiger partial charge in [0.05, 0.1) is 19.9 Å². The number of nitrogens with zero attached hydrogens (tertiary/aromatic N) is 1. The summed E-state index contributed by atoms with van der Waals surface area (Å²) in [5, 5.41) is 0. The molecule has 4 nitrogen and oxygen atoms in total. The summed E-state index contributed by atoms with van der Waals surface area (Å²) < 4.78 is 10.4. The second kappa shape index (κ2) is 5.46. The SMILES string of the molecule is COc1ccc(N(C)CCN)c(OC)c1. The summed E-state index contributed by atoms with van der Waals surface area (Å²) in [6.07, 6.45) is 0. The van der Waals surface area contributed by atoms with E-state index in [-0.39, 0.29) is 0 Å². The summed E-state index contributed by atoms with van der Waals surface area (Å²) in [4.78, 5) is 2.05. The van der Waals surface area contributed by atoms with Crippen LogP contribution in [0.25, 0.3) is 0 Å². The van der Waals surface area contributed by atoms with Crippen LogP contribution in [0.4, 0.5) is 5.69 Å². The minimum Gasteiger partial charge on any atom is -0.497 e. The molecule has 0 radical (unpaired) electrons. The van der Waals surface area contributed by atoms with Crippen LogP contribution in [-0.2, 0) is 0 Å². The Morgan fingerprint density at radius 1 is 1.27 bits per heavy atom. The van der Waals surface area contributed by atoms with Gasteiger partial charge in [0.25, 0.3) is 0 Å². The van der Waals surface area contributed by atoms with Crippen molar-refractivity contribution < 1.29 is 9.47 Å². The Labute approximate surface area is 90.6 Å². The molecule has 0 saturated carbocycles. The van der Waals surface area contributed by atoms with E-state index in [9.17, 15) is 0 Å². The molecule has 15 heavy (non-hydrogen) atoms. The lowest BCUT2D eigenvalue weighted by Crippen LogP contribution is -2.25. The summed E-state index contributed by atoms with van der Waals surface area (Å²) in [6.45, 7) is 1.41. The van der Waals surface area contributed by atoms with E-state index in [0.29, 0.717) is 6.54 Å². The van der Waals surface area contributed by atoms with Gasteiger partial charge in [-0.2, -0.15) is 0 Å². The lowest BCUT2D eigenvalue weighted by atomic mass is 10.2. The normalized spacial score (nSPS) is 9.87. The maximum absolute atomic E-state index is 5.51. The van der Waals surface area contributed by atoms with Gasteiger partial charge in [-0.05, 0) is 12.1 Å². The molecule has 0 saturated heterocycles. The fourth-order valence-electron chi connectivity index (χ4n) is 1.41. The van der Waals surface area contributed by atoms with Crippen molar-refractivity contribution in [3.8, 4) is 11.5 Å². The van der Waals surface area contributed by atoms with Gasteiger partial charge < -0.3 is 20.1 Å². The second-order valence-electron chi connectivity index (χ2n) is 3.25. The van der Waals surface area contributed by atoms with Gasteiger partial charge >= 0.3 is 0 Å². The van der Waals surface area contributed by atoms with Gasteiger partial charge in [-0.25, -0.2) is 0 Å². The lowest BCUT2D eigenvalue weighted by molar-refractivity contribution is 0.394. The number of hydrogen-bond acceptors (Lipinski definition) is 4. The summed E-state index contributed by atoms with van der Waals surface area (Å²) in [6, 6.07) is 5.74. The van der Waals surface area contributed by atoms with Crippen molar-refractivity contribution in [3.05, 3.63) is 18.2 Å². The Morgan fingerprint density at radius 2 is 2.00 bits per heavy atom. The zero-order valence-electron chi connectivity index (χ0n) is 9.49. The van der Waals surface area contributed by atoms with E-state index in [1.54, 1.807) is 14.2 Å². The Morgan fingerprint density at radius 3 is 2.53 bits per heavy atom. The zero-order chi connectivity index (χ0) is 11.3. The predicted octanol–water partition coefficient (Wildman–Crippen LogP) is 1.10. The lowest BCUT2D eigenvalue weighted by Gasteiger charge is -2.21. The van der Waals surface area contributed by atoms with E-state index in [4.69, 9.17) is 15.2 Å². The largest absolute Gasteiger partial charge is 0.497 e. The monoisotopic (exact) mass is 210 g/mol. The Balaban J connectivity index is 2.96. The van der Waals surface area contributed by atoms with Crippen molar-refractivity contribution in [2.24, 2.45) is 5.73 Å². The fourth-order valence-corrected chi connectivity index (χ4v) is 1.41. The molecule has 0 aliphatic carbocycles. The minimum atomic E-state index is 0.617. The number of anilines is 1. The summed E-state index contributed by atoms with van der Waals surface area (Å²) in [5.41, 5.74) is 6.52. The quantitative estimate of drug-likeness (QED) is 0.790. The Hall–Kier alpha value is -1.42. The highest BCUT2D eigenvalue weighted by Gasteiger charge is 2.08. The first-order valence-corrected chi connectivity index (χ1v) is 4.86. The van der Waals surface area contributed by atoms with E-state index in [2.05, 4.69) is 4.90 Å². The summed E-state index contributed by atoms with van der Waals surface area (Å²) in [7, 11) is 5.27. The number of ether oxygens (including phenoxy) is 2. The molecule has 1 aromatic carbocycles. The smallest absolute Gasteiger partial charge is 0.145 e. The van der Waals surface area contributed by atoms with Crippen LogP contribution in [0.1, 0.15) is 0 Å². The van der Waals surface area contributed by atoms with Crippen LogP contribution in [0.2, 0.25) is 0 Å². The van der Waals surface area contributed by atoms with Gasteiger partial charge in [0.1, 0.15) is 11.5 Å². The maximum Gasteiger partial charge on any atom is 0.145 e. The summed E-state index contributed by atoms with van der Waals surface area (Å²) >= 11 is 0. The van der Waals surface area contributed by atoms with Crippen molar-refractivity contribution in [1.82, 2.24) is 0 Å². The van der Waals surface area contributed by atoms with Crippen LogP contribution < -0.4 is 20.1 Å². The van der Waals surface area contributed by atoms with Crippen LogP contribution in [-0.4, -0.2) is 34.4 Å². The van der Waals surface area contributed by atoms with Crippen molar-refractivity contribution in [3.63, 3.8) is 0 Å². The third-order valence-electron chi connectivity index (χ3n) is 2.26. The number of nitrogens with two attached hydrogens (primary N) is 1. The molecule has 1 aromatic rings. The van der Waals surface area contributed by atoms with Crippen molar-refractivity contribution >= 4 is 5.69 Å². The minimum absolute atomic E-state index is 0.617. The van der Waals surface area contributed by atoms with Gasteiger partial charge in [-0.15, -0.1) is 0 Å². The van der Waals surface area contributed by atoms with Crippen molar-refractivity contribution in [2.45, 2.75) is 0 Å². The van der Waals surface area contributed by atoms with Crippen LogP contribution in [0.5, 0.6) is 11.5 Å². The van der Waals surface area contributed by atoms with E-state index in [0.717, 1.165) is 23.7 Å². The molecule has 4 heteroatoms. The van der Waals surface area contributed by atoms with E-state index in [1.807, 2.05) is 25.2 Å². The predicted molar refractivity (Wildman–Crippen MR) is 61.9 cm³/mol. The van der Waals surface area contributed by atoms with Gasteiger partial charge in [0.2, 0.25) is 0 Å². The molecule has 84 valence electrons. The standard InChI is InChI=1S/C11H18N2O2/c1-13(7-6-12)10-5-4-9(14-2)8-11(10)15-3/h4-5,8H,6-7,12H2,1-3H3. The molecule has 0 amide bonds. The van der Waals surface area contributed by atoms with Crippen LogP contribution in [0, 0.1) is 0 Å². The molecular weight excluding hydrogens is 192 g/mol. The molecule has 0 unspecified atom stereocenters. The number of benzene rings is 1. The molecule has 0 heterocycles. The van der Waals surface area contributed by atoms with E-state index >= 15 is 0 Å². The number of likely N-dealkylation sites (N-methyl/N-ethyl adjacent to an activating group) is 1. The van der Waals surface area contributed by atoms with Gasteiger partial charge in [0.15, 0.2) is 0 Å². The van der Waals surface area contributed by atoms with Crippen molar-refractivity contribution in [2.75, 3.05) is 39.3 Å². The van der Waals surface area contributed by atoms with E-state index < -0.39 is 0 Å². The molecule has 0 spiro atoms. The van der Waals surface area contributed by atoms with E-state index in [1.165, 1.54) is 0 Å². The third kappa shape index (κ3) is 2.76. The van der Waals surface area contributed by atoms with Gasteiger partial charge in [0, 0.05) is 26.2 Å². The van der Waals surface area contributed by atoms with Gasteiger partial charge in [-0.3, -0.25) is 0 Å². The third-order valence-corrected chi connectivity index (χ3v) is 2.26. The molecule has 1 rings (SSSR count). The second-order valence-corrected chi connectivity index (χ2v) is 3.25. The number of methoxy groups -OCH3 is 2.